The van der Waals surface area contributed by atoms with Gasteiger partial charge in [0.05, 0.1) is 17.1 Å². The lowest BCUT2D eigenvalue weighted by Gasteiger charge is -2.25. The molecule has 0 spiro atoms. The van der Waals surface area contributed by atoms with Crippen LogP contribution in [-0.2, 0) is 16.6 Å². The minimum absolute atomic E-state index is 0.136. The molecule has 26 heavy (non-hydrogen) atoms. The fourth-order valence-corrected chi connectivity index (χ4v) is 4.36. The fourth-order valence-electron chi connectivity index (χ4n) is 2.63. The molecular weight excluding hydrogens is 373 g/mol. The first-order valence-electron chi connectivity index (χ1n) is 7.96. The van der Waals surface area contributed by atoms with Crippen LogP contribution in [0.25, 0.3) is 0 Å². The number of hydrogen-bond donors (Lipinski definition) is 0. The van der Waals surface area contributed by atoms with Crippen molar-refractivity contribution in [1.29, 1.82) is 0 Å². The number of rotatable bonds is 5. The molecule has 3 aromatic carbocycles. The molecule has 0 heterocycles. The summed E-state index contributed by atoms with van der Waals surface area (Å²) in [6, 6.07) is 19.3. The molecule has 6 heteroatoms. The molecular formula is C20H17ClFNO2S. The normalized spacial score (nSPS) is 11.3. The number of anilines is 1. The number of hydrogen-bond acceptors (Lipinski definition) is 2. The van der Waals surface area contributed by atoms with Gasteiger partial charge >= 0.3 is 0 Å². The Kier molecular flexibility index (Phi) is 5.30. The molecule has 0 amide bonds. The van der Waals surface area contributed by atoms with Crippen LogP contribution in [0.4, 0.5) is 10.1 Å². The highest BCUT2D eigenvalue weighted by Crippen LogP contribution is 2.28. The summed E-state index contributed by atoms with van der Waals surface area (Å²) in [6.07, 6.45) is 0. The second kappa shape index (κ2) is 7.48. The summed E-state index contributed by atoms with van der Waals surface area (Å²) in [6.45, 7) is 1.68. The summed E-state index contributed by atoms with van der Waals surface area (Å²) in [4.78, 5) is 0.147. The third kappa shape index (κ3) is 3.89. The quantitative estimate of drug-likeness (QED) is 0.602. The van der Waals surface area contributed by atoms with Crippen LogP contribution in [0.3, 0.4) is 0 Å². The van der Waals surface area contributed by atoms with Gasteiger partial charge in [-0.05, 0) is 48.9 Å². The number of aryl methyl sites for hydroxylation is 1. The number of benzene rings is 3. The maximum Gasteiger partial charge on any atom is 0.264 e. The van der Waals surface area contributed by atoms with Gasteiger partial charge in [0.2, 0.25) is 0 Å². The van der Waals surface area contributed by atoms with Gasteiger partial charge in [-0.2, -0.15) is 0 Å². The molecule has 0 fully saturated rings. The first-order valence-corrected chi connectivity index (χ1v) is 9.78. The van der Waals surface area contributed by atoms with E-state index in [1.807, 2.05) is 13.0 Å². The van der Waals surface area contributed by atoms with Crippen molar-refractivity contribution in [3.63, 3.8) is 0 Å². The third-order valence-corrected chi connectivity index (χ3v) is 5.95. The van der Waals surface area contributed by atoms with Crippen LogP contribution in [0.1, 0.15) is 11.1 Å². The molecule has 3 rings (SSSR count). The van der Waals surface area contributed by atoms with Crippen LogP contribution >= 0.6 is 11.6 Å². The smallest absolute Gasteiger partial charge is 0.262 e. The second-order valence-corrected chi connectivity index (χ2v) is 8.20. The van der Waals surface area contributed by atoms with E-state index in [1.165, 1.54) is 16.4 Å². The van der Waals surface area contributed by atoms with Gasteiger partial charge in [-0.3, -0.25) is 4.31 Å². The largest absolute Gasteiger partial charge is 0.264 e. The van der Waals surface area contributed by atoms with Gasteiger partial charge in [0.15, 0.2) is 0 Å². The summed E-state index contributed by atoms with van der Waals surface area (Å²) in [5.74, 6) is -0.459. The predicted octanol–water partition coefficient (Wildman–Crippen LogP) is 5.18. The van der Waals surface area contributed by atoms with Crippen molar-refractivity contribution in [3.8, 4) is 0 Å². The molecule has 0 radical (unpaired) electrons. The standard InChI is InChI=1S/C20H17ClFNO2S/c1-15-6-4-10-19(12-15)26(24,25)23(18-9-5-8-17(21)13-18)14-16-7-2-3-11-20(16)22/h2-13H,14H2,1H3. The zero-order chi connectivity index (χ0) is 18.7. The lowest BCUT2D eigenvalue weighted by Crippen LogP contribution is -2.31. The fraction of sp³-hybridized carbons (Fsp3) is 0.100. The van der Waals surface area contributed by atoms with Crippen molar-refractivity contribution in [2.45, 2.75) is 18.4 Å². The monoisotopic (exact) mass is 389 g/mol. The Morgan fingerprint density at radius 3 is 2.38 bits per heavy atom. The number of nitrogens with zero attached hydrogens (tertiary/aromatic N) is 1. The van der Waals surface area contributed by atoms with Crippen molar-refractivity contribution in [2.24, 2.45) is 0 Å². The molecule has 0 unspecified atom stereocenters. The molecule has 0 atom stereocenters. The Bertz CT molecular complexity index is 1040. The molecule has 0 aliphatic carbocycles. The second-order valence-electron chi connectivity index (χ2n) is 5.90. The summed E-state index contributed by atoms with van der Waals surface area (Å²) in [5, 5.41) is 0.403. The van der Waals surface area contributed by atoms with Gasteiger partial charge in [0.1, 0.15) is 5.82 Å². The van der Waals surface area contributed by atoms with Crippen LogP contribution in [0.5, 0.6) is 0 Å². The van der Waals surface area contributed by atoms with Gasteiger partial charge < -0.3 is 0 Å². The SMILES string of the molecule is Cc1cccc(S(=O)(=O)N(Cc2ccccc2F)c2cccc(Cl)c2)c1. The summed E-state index contributed by atoms with van der Waals surface area (Å²) < 4.78 is 41.9. The van der Waals surface area contributed by atoms with E-state index in [0.29, 0.717) is 10.7 Å². The topological polar surface area (TPSA) is 37.4 Å². The molecule has 0 aliphatic rings. The van der Waals surface area contributed by atoms with Crippen molar-refractivity contribution in [1.82, 2.24) is 0 Å². The average molecular weight is 390 g/mol. The van der Waals surface area contributed by atoms with E-state index in [9.17, 15) is 12.8 Å². The first kappa shape index (κ1) is 18.4. The van der Waals surface area contributed by atoms with Crippen LogP contribution < -0.4 is 4.31 Å². The molecule has 0 aliphatic heterocycles. The predicted molar refractivity (Wildman–Crippen MR) is 102 cm³/mol. The van der Waals surface area contributed by atoms with Crippen LogP contribution in [-0.4, -0.2) is 8.42 Å². The Labute approximate surface area is 157 Å². The van der Waals surface area contributed by atoms with Gasteiger partial charge in [-0.25, -0.2) is 12.8 Å². The van der Waals surface area contributed by atoms with Crippen molar-refractivity contribution in [3.05, 3.63) is 94.8 Å². The molecule has 0 saturated carbocycles. The lowest BCUT2D eigenvalue weighted by atomic mass is 10.2. The van der Waals surface area contributed by atoms with E-state index in [2.05, 4.69) is 0 Å². The third-order valence-electron chi connectivity index (χ3n) is 3.95. The van der Waals surface area contributed by atoms with E-state index >= 15 is 0 Å². The highest BCUT2D eigenvalue weighted by Gasteiger charge is 2.26. The maximum absolute atomic E-state index is 14.2. The maximum atomic E-state index is 14.2. The molecule has 3 aromatic rings. The molecule has 0 aromatic heterocycles. The van der Waals surface area contributed by atoms with Crippen molar-refractivity contribution in [2.75, 3.05) is 4.31 Å². The van der Waals surface area contributed by atoms with Crippen LogP contribution in [0, 0.1) is 12.7 Å². The summed E-state index contributed by atoms with van der Waals surface area (Å²) in [7, 11) is -3.90. The van der Waals surface area contributed by atoms with Crippen molar-refractivity contribution < 1.29 is 12.8 Å². The first-order chi connectivity index (χ1) is 12.4. The van der Waals surface area contributed by atoms with E-state index in [-0.39, 0.29) is 17.0 Å². The minimum Gasteiger partial charge on any atom is -0.262 e. The van der Waals surface area contributed by atoms with Crippen LogP contribution in [0.15, 0.2) is 77.7 Å². The molecule has 0 bridgehead atoms. The van der Waals surface area contributed by atoms with Gasteiger partial charge in [0.25, 0.3) is 10.0 Å². The van der Waals surface area contributed by atoms with E-state index in [1.54, 1.807) is 54.6 Å². The minimum atomic E-state index is -3.90. The summed E-state index contributed by atoms with van der Waals surface area (Å²) >= 11 is 6.05. The molecule has 134 valence electrons. The lowest BCUT2D eigenvalue weighted by molar-refractivity contribution is 0.585. The summed E-state index contributed by atoms with van der Waals surface area (Å²) in [5.41, 5.74) is 1.48. The van der Waals surface area contributed by atoms with Crippen molar-refractivity contribution >= 4 is 27.3 Å². The van der Waals surface area contributed by atoms with Crippen LogP contribution in [0.2, 0.25) is 5.02 Å². The van der Waals surface area contributed by atoms with E-state index < -0.39 is 15.8 Å². The van der Waals surface area contributed by atoms with Gasteiger partial charge in [-0.15, -0.1) is 0 Å². The Morgan fingerprint density at radius 1 is 0.962 bits per heavy atom. The highest BCUT2D eigenvalue weighted by molar-refractivity contribution is 7.92. The van der Waals surface area contributed by atoms with E-state index in [4.69, 9.17) is 11.6 Å². The Balaban J connectivity index is 2.13. The van der Waals surface area contributed by atoms with E-state index in [0.717, 1.165) is 5.56 Å². The zero-order valence-corrected chi connectivity index (χ0v) is 15.6. The zero-order valence-electron chi connectivity index (χ0n) is 14.1. The molecule has 0 saturated heterocycles. The van der Waals surface area contributed by atoms with Gasteiger partial charge in [-0.1, -0.05) is 48.0 Å². The number of sulfonamides is 1. The molecule has 0 N–H and O–H groups in total. The highest BCUT2D eigenvalue weighted by atomic mass is 35.5. The average Bonchev–Trinajstić information content (AvgIpc) is 2.61. The van der Waals surface area contributed by atoms with Gasteiger partial charge in [0, 0.05) is 10.6 Å². The molecule has 3 nitrogen and oxygen atoms in total. The number of halogens is 2. The Hall–Kier alpha value is -2.37. The Morgan fingerprint density at radius 2 is 1.69 bits per heavy atom.